The summed E-state index contributed by atoms with van der Waals surface area (Å²) in [5.74, 6) is -0.224. The first-order valence-electron chi connectivity index (χ1n) is 11.1. The van der Waals surface area contributed by atoms with Gasteiger partial charge in [0, 0.05) is 30.8 Å². The number of benzene rings is 2. The van der Waals surface area contributed by atoms with Crippen LogP contribution in [0.4, 0.5) is 13.6 Å². The van der Waals surface area contributed by atoms with Gasteiger partial charge in [-0.2, -0.15) is 0 Å². The van der Waals surface area contributed by atoms with Crippen LogP contribution in [0.3, 0.4) is 0 Å². The Morgan fingerprint density at radius 2 is 1.91 bits per heavy atom. The summed E-state index contributed by atoms with van der Waals surface area (Å²) in [7, 11) is 2.07. The van der Waals surface area contributed by atoms with Crippen molar-refractivity contribution in [3.8, 4) is 5.75 Å². The van der Waals surface area contributed by atoms with E-state index in [1.807, 2.05) is 38.1 Å². The molecule has 0 unspecified atom stereocenters. The third kappa shape index (κ3) is 6.66. The van der Waals surface area contributed by atoms with Crippen LogP contribution >= 0.6 is 0 Å². The molecule has 0 bridgehead atoms. The van der Waals surface area contributed by atoms with Gasteiger partial charge in [-0.25, -0.2) is 13.6 Å². The number of carbonyl (C=O) groups excluding carboxylic acids is 1. The Bertz CT molecular complexity index is 905. The number of nitrogens with one attached hydrogen (secondary N) is 1. The molecule has 0 saturated carbocycles. The standard InChI is InChI=1S/C25H33F2N3O2/c1-17(2)32-22-9-5-19(6-10-22)15-30(16-20-7-8-21(26)13-23(20)27)25(31)28-24-11-12-29(4)14-18(24)3/h5-10,13,17-18,24H,11-12,14-16H2,1-4H3,(H,28,31)/t18-,24-/m0/s1. The van der Waals surface area contributed by atoms with Crippen LogP contribution in [0.1, 0.15) is 38.3 Å². The minimum absolute atomic E-state index is 0.0448. The number of ether oxygens (including phenoxy) is 1. The monoisotopic (exact) mass is 445 g/mol. The minimum Gasteiger partial charge on any atom is -0.491 e. The number of amides is 2. The van der Waals surface area contributed by atoms with E-state index in [2.05, 4.69) is 24.2 Å². The zero-order chi connectivity index (χ0) is 23.3. The molecular weight excluding hydrogens is 412 g/mol. The number of rotatable bonds is 7. The van der Waals surface area contributed by atoms with Crippen molar-refractivity contribution in [1.82, 2.24) is 15.1 Å². The molecule has 2 aromatic carbocycles. The Hall–Kier alpha value is -2.67. The number of hydrogen-bond donors (Lipinski definition) is 1. The van der Waals surface area contributed by atoms with Gasteiger partial charge in [0.15, 0.2) is 0 Å². The van der Waals surface area contributed by atoms with Crippen molar-refractivity contribution in [1.29, 1.82) is 0 Å². The Morgan fingerprint density at radius 3 is 2.53 bits per heavy atom. The maximum absolute atomic E-state index is 14.3. The lowest BCUT2D eigenvalue weighted by atomic mass is 9.94. The molecular formula is C25H33F2N3O2. The van der Waals surface area contributed by atoms with Crippen molar-refractivity contribution in [3.05, 3.63) is 65.2 Å². The van der Waals surface area contributed by atoms with E-state index < -0.39 is 11.6 Å². The van der Waals surface area contributed by atoms with Crippen molar-refractivity contribution < 1.29 is 18.3 Å². The van der Waals surface area contributed by atoms with E-state index in [1.54, 1.807) is 4.90 Å². The maximum Gasteiger partial charge on any atom is 0.318 e. The quantitative estimate of drug-likeness (QED) is 0.666. The fraction of sp³-hybridized carbons (Fsp3) is 0.480. The van der Waals surface area contributed by atoms with Crippen LogP contribution in [-0.4, -0.2) is 48.1 Å². The summed E-state index contributed by atoms with van der Waals surface area (Å²) in [6.45, 7) is 8.21. The van der Waals surface area contributed by atoms with Crippen molar-refractivity contribution in [3.63, 3.8) is 0 Å². The average molecular weight is 446 g/mol. The van der Waals surface area contributed by atoms with E-state index >= 15 is 0 Å². The maximum atomic E-state index is 14.3. The highest BCUT2D eigenvalue weighted by atomic mass is 19.1. The highest BCUT2D eigenvalue weighted by Crippen LogP contribution is 2.20. The number of hydrogen-bond acceptors (Lipinski definition) is 3. The van der Waals surface area contributed by atoms with Gasteiger partial charge in [0.2, 0.25) is 0 Å². The van der Waals surface area contributed by atoms with E-state index in [0.717, 1.165) is 36.9 Å². The van der Waals surface area contributed by atoms with E-state index in [1.165, 1.54) is 12.1 Å². The molecule has 2 aromatic rings. The van der Waals surface area contributed by atoms with Crippen LogP contribution in [0.5, 0.6) is 5.75 Å². The second-order valence-electron chi connectivity index (χ2n) is 8.99. The number of carbonyl (C=O) groups is 1. The fourth-order valence-corrected chi connectivity index (χ4v) is 4.04. The first kappa shape index (κ1) is 24.0. The van der Waals surface area contributed by atoms with Gasteiger partial charge in [-0.3, -0.25) is 0 Å². The molecule has 0 aliphatic carbocycles. The lowest BCUT2D eigenvalue weighted by Gasteiger charge is -2.36. The highest BCUT2D eigenvalue weighted by Gasteiger charge is 2.27. The Kier molecular flexibility index (Phi) is 8.07. The summed E-state index contributed by atoms with van der Waals surface area (Å²) in [6.07, 6.45) is 0.935. The molecule has 2 atom stereocenters. The van der Waals surface area contributed by atoms with Gasteiger partial charge in [0.25, 0.3) is 0 Å². The molecule has 5 nitrogen and oxygen atoms in total. The molecule has 1 aliphatic rings. The van der Waals surface area contributed by atoms with Crippen molar-refractivity contribution in [2.75, 3.05) is 20.1 Å². The number of likely N-dealkylation sites (tertiary alicyclic amines) is 1. The second-order valence-corrected chi connectivity index (χ2v) is 8.99. The summed E-state index contributed by atoms with van der Waals surface area (Å²) in [5.41, 5.74) is 1.17. The van der Waals surface area contributed by atoms with Crippen LogP contribution in [0.15, 0.2) is 42.5 Å². The van der Waals surface area contributed by atoms with E-state index in [-0.39, 0.29) is 30.3 Å². The molecule has 1 N–H and O–H groups in total. The number of nitrogens with zero attached hydrogens (tertiary/aromatic N) is 2. The van der Waals surface area contributed by atoms with Gasteiger partial charge in [-0.15, -0.1) is 0 Å². The molecule has 1 aliphatic heterocycles. The Balaban J connectivity index is 1.76. The van der Waals surface area contributed by atoms with E-state index in [0.29, 0.717) is 12.5 Å². The summed E-state index contributed by atoms with van der Waals surface area (Å²) in [5, 5.41) is 3.14. The first-order chi connectivity index (χ1) is 15.2. The van der Waals surface area contributed by atoms with Gasteiger partial charge < -0.3 is 19.9 Å². The molecule has 1 fully saturated rings. The third-order valence-corrected chi connectivity index (χ3v) is 5.75. The molecule has 1 heterocycles. The van der Waals surface area contributed by atoms with Crippen molar-refractivity contribution >= 4 is 6.03 Å². The highest BCUT2D eigenvalue weighted by molar-refractivity contribution is 5.74. The molecule has 1 saturated heterocycles. The van der Waals surface area contributed by atoms with Crippen LogP contribution in [0.2, 0.25) is 0 Å². The molecule has 174 valence electrons. The summed E-state index contributed by atoms with van der Waals surface area (Å²) < 4.78 is 33.4. The number of piperidine rings is 1. The molecule has 0 aromatic heterocycles. The van der Waals surface area contributed by atoms with Gasteiger partial charge >= 0.3 is 6.03 Å². The van der Waals surface area contributed by atoms with Crippen LogP contribution in [-0.2, 0) is 13.1 Å². The fourth-order valence-electron chi connectivity index (χ4n) is 4.04. The summed E-state index contributed by atoms with van der Waals surface area (Å²) in [4.78, 5) is 17.0. The SMILES string of the molecule is CC(C)Oc1ccc(CN(Cc2ccc(F)cc2F)C(=O)N[C@H]2CCN(C)C[C@@H]2C)cc1. The molecule has 3 rings (SSSR count). The zero-order valence-electron chi connectivity index (χ0n) is 19.3. The number of urea groups is 1. The molecule has 32 heavy (non-hydrogen) atoms. The summed E-state index contributed by atoms with van der Waals surface area (Å²) in [6, 6.07) is 10.8. The Morgan fingerprint density at radius 1 is 1.19 bits per heavy atom. The summed E-state index contributed by atoms with van der Waals surface area (Å²) >= 11 is 0. The van der Waals surface area contributed by atoms with Crippen LogP contribution < -0.4 is 10.1 Å². The smallest absolute Gasteiger partial charge is 0.318 e. The zero-order valence-corrected chi connectivity index (χ0v) is 19.3. The molecule has 0 spiro atoms. The van der Waals surface area contributed by atoms with E-state index in [9.17, 15) is 13.6 Å². The lowest BCUT2D eigenvalue weighted by Crippen LogP contribution is -2.52. The van der Waals surface area contributed by atoms with Crippen molar-refractivity contribution in [2.24, 2.45) is 5.92 Å². The van der Waals surface area contributed by atoms with E-state index in [4.69, 9.17) is 4.74 Å². The van der Waals surface area contributed by atoms with Gasteiger partial charge in [-0.1, -0.05) is 25.1 Å². The van der Waals surface area contributed by atoms with Gasteiger partial charge in [0.1, 0.15) is 17.4 Å². The predicted octanol–water partition coefficient (Wildman–Crippen LogP) is 4.80. The largest absolute Gasteiger partial charge is 0.491 e. The third-order valence-electron chi connectivity index (χ3n) is 5.75. The van der Waals surface area contributed by atoms with Gasteiger partial charge in [0.05, 0.1) is 12.6 Å². The van der Waals surface area contributed by atoms with Crippen LogP contribution in [0, 0.1) is 17.6 Å². The van der Waals surface area contributed by atoms with Gasteiger partial charge in [-0.05, 0) is 63.5 Å². The average Bonchev–Trinajstić information content (AvgIpc) is 2.72. The molecule has 0 radical (unpaired) electrons. The Labute approximate surface area is 189 Å². The lowest BCUT2D eigenvalue weighted by molar-refractivity contribution is 0.153. The van der Waals surface area contributed by atoms with Crippen molar-refractivity contribution in [2.45, 2.75) is 52.4 Å². The minimum atomic E-state index is -0.656. The molecule has 2 amide bonds. The predicted molar refractivity (Wildman–Crippen MR) is 121 cm³/mol. The number of halogens is 2. The topological polar surface area (TPSA) is 44.8 Å². The van der Waals surface area contributed by atoms with Crippen LogP contribution in [0.25, 0.3) is 0 Å². The first-order valence-corrected chi connectivity index (χ1v) is 11.1. The molecule has 7 heteroatoms. The normalized spacial score (nSPS) is 19.1. The second kappa shape index (κ2) is 10.8.